The molecule has 3 aromatic rings. The van der Waals surface area contributed by atoms with Gasteiger partial charge < -0.3 is 10.0 Å². The molecule has 4 rings (SSSR count). The maximum absolute atomic E-state index is 13.4. The number of Topliss-reactive ketones (excluding diaryl/α,β-unsaturated/α-hetero) is 1. The van der Waals surface area contributed by atoms with Gasteiger partial charge in [-0.05, 0) is 35.7 Å². The van der Waals surface area contributed by atoms with Crippen LogP contribution in [0.2, 0.25) is 0 Å². The lowest BCUT2D eigenvalue weighted by Gasteiger charge is -2.23. The number of carbonyl (C=O) groups is 2. The van der Waals surface area contributed by atoms with E-state index in [9.17, 15) is 14.7 Å². The van der Waals surface area contributed by atoms with E-state index in [1.807, 2.05) is 54.6 Å². The fourth-order valence-electron chi connectivity index (χ4n) is 4.10. The molecule has 5 heteroatoms. The highest BCUT2D eigenvalue weighted by atomic mass is 79.9. The van der Waals surface area contributed by atoms with E-state index in [0.29, 0.717) is 23.4 Å². The van der Waals surface area contributed by atoms with Crippen molar-refractivity contribution >= 4 is 33.3 Å². The number of anilines is 1. The number of amides is 1. The summed E-state index contributed by atoms with van der Waals surface area (Å²) in [5.74, 6) is -0.730. The normalized spacial score (nSPS) is 17.6. The lowest BCUT2D eigenvalue weighted by Crippen LogP contribution is -2.41. The summed E-state index contributed by atoms with van der Waals surface area (Å²) in [6.07, 6.45) is 1.69. The highest BCUT2D eigenvalue weighted by Crippen LogP contribution is 2.44. The van der Waals surface area contributed by atoms with E-state index in [1.54, 1.807) is 23.1 Å². The quantitative estimate of drug-likeness (QED) is 0.462. The molecule has 3 aromatic carbocycles. The molecule has 1 heterocycles. The number of ketones is 1. The third kappa shape index (κ3) is 4.21. The highest BCUT2D eigenvalue weighted by Gasteiger charge is 2.51. The summed E-state index contributed by atoms with van der Waals surface area (Å²) < 4.78 is 0.746. The van der Waals surface area contributed by atoms with Crippen molar-refractivity contribution in [1.29, 1.82) is 0 Å². The second kappa shape index (κ2) is 8.77. The molecule has 0 unspecified atom stereocenters. The molecule has 0 aromatic heterocycles. The monoisotopic (exact) mass is 477 g/mol. The molecule has 1 aliphatic heterocycles. The molecule has 0 radical (unpaired) electrons. The van der Waals surface area contributed by atoms with E-state index in [-0.39, 0.29) is 12.2 Å². The van der Waals surface area contributed by atoms with E-state index in [4.69, 9.17) is 0 Å². The first-order valence-corrected chi connectivity index (χ1v) is 11.2. The predicted molar refractivity (Wildman–Crippen MR) is 125 cm³/mol. The zero-order valence-corrected chi connectivity index (χ0v) is 18.9. The third-order valence-electron chi connectivity index (χ3n) is 5.71. The van der Waals surface area contributed by atoms with Gasteiger partial charge in [-0.3, -0.25) is 9.59 Å². The van der Waals surface area contributed by atoms with Crippen LogP contribution in [0.4, 0.5) is 5.69 Å². The Bertz CT molecular complexity index is 1110. The van der Waals surface area contributed by atoms with E-state index in [0.717, 1.165) is 28.4 Å². The Balaban J connectivity index is 1.65. The van der Waals surface area contributed by atoms with Gasteiger partial charge in [-0.1, -0.05) is 83.9 Å². The SMILES string of the molecule is CCCc1ccc(C(=O)C[C@]2(O)C(=O)N(Cc3ccccc3)c3ccc(Br)cc32)cc1. The molecule has 1 N–H and O–H groups in total. The van der Waals surface area contributed by atoms with Crippen molar-refractivity contribution in [3.05, 3.63) is 99.5 Å². The molecule has 0 bridgehead atoms. The summed E-state index contributed by atoms with van der Waals surface area (Å²) in [5, 5.41) is 11.5. The number of rotatable bonds is 7. The van der Waals surface area contributed by atoms with Crippen molar-refractivity contribution in [1.82, 2.24) is 0 Å². The van der Waals surface area contributed by atoms with Gasteiger partial charge in [0.2, 0.25) is 0 Å². The molecular formula is C26H24BrNO3. The van der Waals surface area contributed by atoms with Crippen LogP contribution in [0.25, 0.3) is 0 Å². The van der Waals surface area contributed by atoms with Crippen molar-refractivity contribution in [3.63, 3.8) is 0 Å². The van der Waals surface area contributed by atoms with E-state index < -0.39 is 11.5 Å². The summed E-state index contributed by atoms with van der Waals surface area (Å²) in [6, 6.07) is 22.4. The van der Waals surface area contributed by atoms with Gasteiger partial charge in [0.25, 0.3) is 5.91 Å². The number of aliphatic hydroxyl groups is 1. The van der Waals surface area contributed by atoms with Gasteiger partial charge >= 0.3 is 0 Å². The minimum atomic E-state index is -1.90. The molecular weight excluding hydrogens is 454 g/mol. The first-order chi connectivity index (χ1) is 14.9. The van der Waals surface area contributed by atoms with Crippen LogP contribution in [0.3, 0.4) is 0 Å². The Morgan fingerprint density at radius 3 is 2.39 bits per heavy atom. The smallest absolute Gasteiger partial charge is 0.264 e. The molecule has 31 heavy (non-hydrogen) atoms. The molecule has 1 aliphatic rings. The van der Waals surface area contributed by atoms with Crippen LogP contribution < -0.4 is 4.90 Å². The number of carbonyl (C=O) groups excluding carboxylic acids is 2. The fraction of sp³-hybridized carbons (Fsp3) is 0.231. The van der Waals surface area contributed by atoms with Crippen molar-refractivity contribution < 1.29 is 14.7 Å². The first-order valence-electron chi connectivity index (χ1n) is 10.4. The molecule has 1 atom stereocenters. The van der Waals surface area contributed by atoms with Gasteiger partial charge in [-0.2, -0.15) is 0 Å². The fourth-order valence-corrected chi connectivity index (χ4v) is 4.46. The number of hydrogen-bond donors (Lipinski definition) is 1. The number of hydrogen-bond acceptors (Lipinski definition) is 3. The standard InChI is InChI=1S/C26H24BrNO3/c1-2-6-18-9-11-20(12-10-18)24(29)16-26(31)22-15-21(27)13-14-23(22)28(25(26)30)17-19-7-4-3-5-8-19/h3-5,7-15,31H,2,6,16-17H2,1H3/t26-/m1/s1. The maximum atomic E-state index is 13.4. The Kier molecular flexibility index (Phi) is 6.08. The average molecular weight is 478 g/mol. The van der Waals surface area contributed by atoms with Gasteiger partial charge in [0.1, 0.15) is 0 Å². The molecule has 4 nitrogen and oxygen atoms in total. The Labute approximate surface area is 190 Å². The second-order valence-electron chi connectivity index (χ2n) is 7.95. The molecule has 1 amide bonds. The average Bonchev–Trinajstić information content (AvgIpc) is 2.96. The number of benzene rings is 3. The molecule has 0 spiro atoms. The van der Waals surface area contributed by atoms with Gasteiger partial charge in [0.15, 0.2) is 11.4 Å². The number of halogens is 1. The molecule has 0 fully saturated rings. The van der Waals surface area contributed by atoms with Gasteiger partial charge in [-0.15, -0.1) is 0 Å². The van der Waals surface area contributed by atoms with Crippen LogP contribution in [-0.4, -0.2) is 16.8 Å². The largest absolute Gasteiger partial charge is 0.375 e. The lowest BCUT2D eigenvalue weighted by molar-refractivity contribution is -0.136. The molecule has 0 saturated carbocycles. The van der Waals surface area contributed by atoms with Crippen molar-refractivity contribution in [2.75, 3.05) is 4.90 Å². The van der Waals surface area contributed by atoms with Gasteiger partial charge in [-0.25, -0.2) is 0 Å². The number of nitrogens with zero attached hydrogens (tertiary/aromatic N) is 1. The second-order valence-corrected chi connectivity index (χ2v) is 8.86. The van der Waals surface area contributed by atoms with Crippen molar-refractivity contribution in [2.45, 2.75) is 38.3 Å². The minimum absolute atomic E-state index is 0.258. The molecule has 0 aliphatic carbocycles. The molecule has 0 saturated heterocycles. The minimum Gasteiger partial charge on any atom is -0.375 e. The van der Waals surface area contributed by atoms with E-state index in [1.165, 1.54) is 0 Å². The van der Waals surface area contributed by atoms with E-state index >= 15 is 0 Å². The van der Waals surface area contributed by atoms with Crippen molar-refractivity contribution in [2.24, 2.45) is 0 Å². The lowest BCUT2D eigenvalue weighted by atomic mass is 9.88. The maximum Gasteiger partial charge on any atom is 0.264 e. The Hall–Kier alpha value is -2.76. The van der Waals surface area contributed by atoms with Crippen LogP contribution in [-0.2, 0) is 23.4 Å². The van der Waals surface area contributed by atoms with E-state index in [2.05, 4.69) is 22.9 Å². The zero-order chi connectivity index (χ0) is 22.0. The zero-order valence-electron chi connectivity index (χ0n) is 17.3. The Morgan fingerprint density at radius 1 is 1.00 bits per heavy atom. The summed E-state index contributed by atoms with van der Waals surface area (Å²) >= 11 is 3.43. The third-order valence-corrected chi connectivity index (χ3v) is 6.20. The summed E-state index contributed by atoms with van der Waals surface area (Å²) in [4.78, 5) is 28.0. The van der Waals surface area contributed by atoms with Crippen molar-refractivity contribution in [3.8, 4) is 0 Å². The summed E-state index contributed by atoms with van der Waals surface area (Å²) in [7, 11) is 0. The topological polar surface area (TPSA) is 57.6 Å². The van der Waals surface area contributed by atoms with Gasteiger partial charge in [0, 0.05) is 15.6 Å². The number of fused-ring (bicyclic) bond motifs is 1. The predicted octanol–water partition coefficient (Wildman–Crippen LogP) is 5.41. The summed E-state index contributed by atoms with van der Waals surface area (Å²) in [5.41, 5.74) is 1.81. The summed E-state index contributed by atoms with van der Waals surface area (Å²) in [6.45, 7) is 2.44. The van der Waals surface area contributed by atoms with Gasteiger partial charge in [0.05, 0.1) is 18.7 Å². The van der Waals surface area contributed by atoms with Crippen LogP contribution in [0, 0.1) is 0 Å². The molecule has 158 valence electrons. The van der Waals surface area contributed by atoms with Crippen LogP contribution in [0.15, 0.2) is 77.3 Å². The first kappa shape index (κ1) is 21.5. The highest BCUT2D eigenvalue weighted by molar-refractivity contribution is 9.10. The van der Waals surface area contributed by atoms with Crippen LogP contribution >= 0.6 is 15.9 Å². The van der Waals surface area contributed by atoms with Crippen LogP contribution in [0.1, 0.15) is 46.8 Å². The number of aryl methyl sites for hydroxylation is 1. The Morgan fingerprint density at radius 2 is 1.71 bits per heavy atom. The van der Waals surface area contributed by atoms with Crippen LogP contribution in [0.5, 0.6) is 0 Å².